The summed E-state index contributed by atoms with van der Waals surface area (Å²) in [6, 6.07) is 4.95. The molecule has 26 heavy (non-hydrogen) atoms. The molecule has 0 saturated carbocycles. The number of nitrogens with one attached hydrogen (secondary N) is 2. The van der Waals surface area contributed by atoms with E-state index in [1.807, 2.05) is 18.9 Å². The molecule has 0 heterocycles. The standard InChI is InChI=1S/C16H27N5O4S/c1-4-6-12-20(3)16(17-5-2)18-10-11-19-26(24,25)15-9-7-8-14(13-15)21(22)23/h7-9,13,19H,4-6,10-12H2,1-3H3,(H,17,18). The number of non-ortho nitro benzene ring substituents is 1. The Hall–Kier alpha value is -2.20. The van der Waals surface area contributed by atoms with E-state index >= 15 is 0 Å². The lowest BCUT2D eigenvalue weighted by Gasteiger charge is -2.21. The Morgan fingerprint density at radius 2 is 2.08 bits per heavy atom. The Labute approximate surface area is 154 Å². The lowest BCUT2D eigenvalue weighted by atomic mass is 10.3. The van der Waals surface area contributed by atoms with Crippen molar-refractivity contribution in [3.8, 4) is 0 Å². The first-order valence-electron chi connectivity index (χ1n) is 8.55. The van der Waals surface area contributed by atoms with Crippen LogP contribution in [0.4, 0.5) is 5.69 Å². The van der Waals surface area contributed by atoms with E-state index in [-0.39, 0.29) is 23.7 Å². The highest BCUT2D eigenvalue weighted by Gasteiger charge is 2.17. The van der Waals surface area contributed by atoms with Crippen molar-refractivity contribution in [2.75, 3.05) is 33.2 Å². The van der Waals surface area contributed by atoms with Gasteiger partial charge in [0.05, 0.1) is 16.4 Å². The Kier molecular flexibility index (Phi) is 9.00. The Bertz CT molecular complexity index is 721. The molecule has 0 radical (unpaired) electrons. The first kappa shape index (κ1) is 21.8. The number of sulfonamides is 1. The predicted molar refractivity (Wildman–Crippen MR) is 102 cm³/mol. The molecule has 0 saturated heterocycles. The van der Waals surface area contributed by atoms with Crippen LogP contribution >= 0.6 is 0 Å². The lowest BCUT2D eigenvalue weighted by molar-refractivity contribution is -0.385. The van der Waals surface area contributed by atoms with Crippen molar-refractivity contribution in [1.29, 1.82) is 0 Å². The molecule has 0 aromatic heterocycles. The van der Waals surface area contributed by atoms with Crippen LogP contribution in [0, 0.1) is 10.1 Å². The second-order valence-corrected chi connectivity index (χ2v) is 7.43. The number of nitro benzene ring substituents is 1. The van der Waals surface area contributed by atoms with E-state index in [9.17, 15) is 18.5 Å². The molecule has 0 aliphatic rings. The molecule has 0 fully saturated rings. The number of nitrogens with zero attached hydrogens (tertiary/aromatic N) is 3. The molecule has 9 nitrogen and oxygen atoms in total. The quantitative estimate of drug-likeness (QED) is 0.208. The highest BCUT2D eigenvalue weighted by Crippen LogP contribution is 2.16. The molecule has 0 bridgehead atoms. The first-order chi connectivity index (χ1) is 12.3. The van der Waals surface area contributed by atoms with Gasteiger partial charge >= 0.3 is 0 Å². The smallest absolute Gasteiger partial charge is 0.270 e. The van der Waals surface area contributed by atoms with E-state index in [0.717, 1.165) is 31.4 Å². The van der Waals surface area contributed by atoms with E-state index in [2.05, 4.69) is 22.0 Å². The molecule has 10 heteroatoms. The van der Waals surface area contributed by atoms with Gasteiger partial charge in [0, 0.05) is 38.8 Å². The van der Waals surface area contributed by atoms with Crippen LogP contribution in [0.1, 0.15) is 26.7 Å². The Balaban J connectivity index is 2.69. The van der Waals surface area contributed by atoms with Crippen LogP contribution in [0.15, 0.2) is 34.2 Å². The van der Waals surface area contributed by atoms with Crippen molar-refractivity contribution in [3.05, 3.63) is 34.4 Å². The number of hydrogen-bond acceptors (Lipinski definition) is 5. The minimum atomic E-state index is -3.82. The molecule has 1 aromatic rings. The van der Waals surface area contributed by atoms with E-state index in [4.69, 9.17) is 0 Å². The third-order valence-electron chi connectivity index (χ3n) is 3.55. The zero-order valence-electron chi connectivity index (χ0n) is 15.4. The molecule has 0 aliphatic heterocycles. The first-order valence-corrected chi connectivity index (χ1v) is 10.0. The molecule has 2 N–H and O–H groups in total. The van der Waals surface area contributed by atoms with E-state index < -0.39 is 14.9 Å². The van der Waals surface area contributed by atoms with Gasteiger partial charge in [-0.05, 0) is 19.4 Å². The number of unbranched alkanes of at least 4 members (excludes halogenated alkanes) is 1. The minimum absolute atomic E-state index is 0.0987. The monoisotopic (exact) mass is 385 g/mol. The summed E-state index contributed by atoms with van der Waals surface area (Å²) in [5.74, 6) is 0.718. The van der Waals surface area contributed by atoms with Gasteiger partial charge in [0.2, 0.25) is 10.0 Å². The summed E-state index contributed by atoms with van der Waals surface area (Å²) in [5.41, 5.74) is -0.266. The Morgan fingerprint density at radius 3 is 2.69 bits per heavy atom. The van der Waals surface area contributed by atoms with E-state index in [1.165, 1.54) is 18.2 Å². The van der Waals surface area contributed by atoms with Gasteiger partial charge in [-0.3, -0.25) is 15.1 Å². The molecular weight excluding hydrogens is 358 g/mol. The number of benzene rings is 1. The SMILES string of the molecule is CCCCN(C)C(=NCCNS(=O)(=O)c1cccc([N+](=O)[O-])c1)NCC. The maximum atomic E-state index is 12.2. The third-order valence-corrected chi connectivity index (χ3v) is 5.01. The molecular formula is C16H27N5O4S. The fourth-order valence-electron chi connectivity index (χ4n) is 2.16. The van der Waals surface area contributed by atoms with Crippen molar-refractivity contribution in [2.24, 2.45) is 4.99 Å². The molecule has 0 amide bonds. The second-order valence-electron chi connectivity index (χ2n) is 5.66. The van der Waals surface area contributed by atoms with Crippen molar-refractivity contribution in [3.63, 3.8) is 0 Å². The molecule has 0 aliphatic carbocycles. The fraction of sp³-hybridized carbons (Fsp3) is 0.562. The predicted octanol–water partition coefficient (Wildman–Crippen LogP) is 1.57. The number of nitro groups is 1. The van der Waals surface area contributed by atoms with Crippen molar-refractivity contribution in [2.45, 2.75) is 31.6 Å². The van der Waals surface area contributed by atoms with Gasteiger partial charge in [-0.1, -0.05) is 19.4 Å². The van der Waals surface area contributed by atoms with Crippen LogP contribution in [-0.4, -0.2) is 57.4 Å². The minimum Gasteiger partial charge on any atom is -0.357 e. The normalized spacial score (nSPS) is 12.0. The summed E-state index contributed by atoms with van der Waals surface area (Å²) in [6.45, 7) is 6.01. The van der Waals surface area contributed by atoms with Gasteiger partial charge in [0.15, 0.2) is 5.96 Å². The molecule has 146 valence electrons. The summed E-state index contributed by atoms with van der Waals surface area (Å²) in [4.78, 5) is 16.4. The average Bonchev–Trinajstić information content (AvgIpc) is 2.62. The number of aliphatic imine (C=N–C) groups is 1. The zero-order chi connectivity index (χ0) is 19.6. The van der Waals surface area contributed by atoms with E-state index in [1.54, 1.807) is 0 Å². The zero-order valence-corrected chi connectivity index (χ0v) is 16.3. The highest BCUT2D eigenvalue weighted by atomic mass is 32.2. The summed E-state index contributed by atoms with van der Waals surface area (Å²) in [6.07, 6.45) is 2.12. The molecule has 1 rings (SSSR count). The average molecular weight is 385 g/mol. The molecule has 1 aromatic carbocycles. The van der Waals surface area contributed by atoms with Crippen LogP contribution in [0.2, 0.25) is 0 Å². The number of hydrogen-bond donors (Lipinski definition) is 2. The van der Waals surface area contributed by atoms with Crippen LogP contribution in [-0.2, 0) is 10.0 Å². The van der Waals surface area contributed by atoms with Gasteiger partial charge < -0.3 is 10.2 Å². The summed E-state index contributed by atoms with van der Waals surface area (Å²) in [5, 5.41) is 13.9. The fourth-order valence-corrected chi connectivity index (χ4v) is 3.22. The number of rotatable bonds is 10. The van der Waals surface area contributed by atoms with Gasteiger partial charge in [0.1, 0.15) is 0 Å². The molecule has 0 spiro atoms. The maximum absolute atomic E-state index is 12.2. The largest absolute Gasteiger partial charge is 0.357 e. The number of guanidine groups is 1. The van der Waals surface area contributed by atoms with Gasteiger partial charge in [-0.2, -0.15) is 0 Å². The maximum Gasteiger partial charge on any atom is 0.270 e. The van der Waals surface area contributed by atoms with Crippen molar-refractivity contribution in [1.82, 2.24) is 14.9 Å². The van der Waals surface area contributed by atoms with Gasteiger partial charge in [0.25, 0.3) is 5.69 Å². The van der Waals surface area contributed by atoms with Crippen LogP contribution in [0.5, 0.6) is 0 Å². The van der Waals surface area contributed by atoms with Gasteiger partial charge in [-0.25, -0.2) is 13.1 Å². The van der Waals surface area contributed by atoms with Crippen LogP contribution in [0.3, 0.4) is 0 Å². The van der Waals surface area contributed by atoms with Crippen molar-refractivity contribution < 1.29 is 13.3 Å². The van der Waals surface area contributed by atoms with Crippen LogP contribution < -0.4 is 10.0 Å². The summed E-state index contributed by atoms with van der Waals surface area (Å²) >= 11 is 0. The van der Waals surface area contributed by atoms with Crippen molar-refractivity contribution >= 4 is 21.7 Å². The Morgan fingerprint density at radius 1 is 1.35 bits per heavy atom. The molecule has 0 unspecified atom stereocenters. The molecule has 0 atom stereocenters. The second kappa shape index (κ2) is 10.7. The topological polar surface area (TPSA) is 117 Å². The van der Waals surface area contributed by atoms with E-state index in [0.29, 0.717) is 6.54 Å². The van der Waals surface area contributed by atoms with Gasteiger partial charge in [-0.15, -0.1) is 0 Å². The van der Waals surface area contributed by atoms with Crippen LogP contribution in [0.25, 0.3) is 0 Å². The highest BCUT2D eigenvalue weighted by molar-refractivity contribution is 7.89. The lowest BCUT2D eigenvalue weighted by Crippen LogP contribution is -2.40. The third kappa shape index (κ3) is 6.96. The summed E-state index contributed by atoms with van der Waals surface area (Å²) < 4.78 is 26.9. The summed E-state index contributed by atoms with van der Waals surface area (Å²) in [7, 11) is -1.88.